The highest BCUT2D eigenvalue weighted by Crippen LogP contribution is 2.20. The molecule has 2 N–H and O–H groups in total. The van der Waals surface area contributed by atoms with Crippen LogP contribution in [0, 0.1) is 17.0 Å². The number of hydrogen-bond acceptors (Lipinski definition) is 5. The molecule has 1 aliphatic heterocycles. The molecule has 1 fully saturated rings. The lowest BCUT2D eigenvalue weighted by Crippen LogP contribution is -2.22. The average Bonchev–Trinajstić information content (AvgIpc) is 2.73. The Labute approximate surface area is 93.2 Å². The van der Waals surface area contributed by atoms with Gasteiger partial charge in [0, 0.05) is 24.3 Å². The summed E-state index contributed by atoms with van der Waals surface area (Å²) in [6, 6.07) is 1.81. The average molecular weight is 222 g/mol. The first-order chi connectivity index (χ1) is 7.66. The largest absolute Gasteiger partial charge is 0.366 e. The van der Waals surface area contributed by atoms with E-state index in [1.54, 1.807) is 6.92 Å². The van der Waals surface area contributed by atoms with E-state index in [9.17, 15) is 10.1 Å². The van der Waals surface area contributed by atoms with Gasteiger partial charge >= 0.3 is 0 Å². The number of nitro groups is 1. The highest BCUT2D eigenvalue weighted by atomic mass is 16.6. The standard InChI is InChI=1S/C10H14N4O2/c1-7-5-12-10(4-9(7)14(15)16)13-8-2-3-11-6-8/h4-5,8,11H,2-3,6H2,1H3,(H,12,13). The summed E-state index contributed by atoms with van der Waals surface area (Å²) in [6.07, 6.45) is 2.55. The lowest BCUT2D eigenvalue weighted by molar-refractivity contribution is -0.385. The van der Waals surface area contributed by atoms with Crippen molar-refractivity contribution in [1.29, 1.82) is 0 Å². The molecule has 1 unspecified atom stereocenters. The number of aryl methyl sites for hydroxylation is 1. The van der Waals surface area contributed by atoms with Crippen LogP contribution >= 0.6 is 0 Å². The molecule has 1 atom stereocenters. The predicted molar refractivity (Wildman–Crippen MR) is 60.5 cm³/mol. The predicted octanol–water partition coefficient (Wildman–Crippen LogP) is 1.07. The number of hydrogen-bond donors (Lipinski definition) is 2. The van der Waals surface area contributed by atoms with Gasteiger partial charge in [-0.1, -0.05) is 0 Å². The number of nitrogens with one attached hydrogen (secondary N) is 2. The third-order valence-electron chi connectivity index (χ3n) is 2.68. The minimum atomic E-state index is -0.380. The van der Waals surface area contributed by atoms with E-state index in [4.69, 9.17) is 0 Å². The third-order valence-corrected chi connectivity index (χ3v) is 2.68. The zero-order valence-electron chi connectivity index (χ0n) is 9.06. The van der Waals surface area contributed by atoms with Gasteiger partial charge < -0.3 is 10.6 Å². The Bertz CT molecular complexity index is 402. The first-order valence-corrected chi connectivity index (χ1v) is 5.25. The molecule has 2 rings (SSSR count). The third kappa shape index (κ3) is 2.27. The molecule has 0 saturated carbocycles. The van der Waals surface area contributed by atoms with Gasteiger partial charge in [-0.2, -0.15) is 0 Å². The Balaban J connectivity index is 2.15. The van der Waals surface area contributed by atoms with Crippen LogP contribution in [0.4, 0.5) is 11.5 Å². The summed E-state index contributed by atoms with van der Waals surface area (Å²) < 4.78 is 0. The van der Waals surface area contributed by atoms with Crippen LogP contribution in [0.15, 0.2) is 12.3 Å². The molecule has 0 bridgehead atoms. The topological polar surface area (TPSA) is 80.1 Å². The van der Waals surface area contributed by atoms with Crippen molar-refractivity contribution in [3.8, 4) is 0 Å². The second-order valence-electron chi connectivity index (χ2n) is 3.95. The molecule has 0 spiro atoms. The minimum absolute atomic E-state index is 0.114. The van der Waals surface area contributed by atoms with Gasteiger partial charge in [-0.25, -0.2) is 4.98 Å². The normalized spacial score (nSPS) is 19.7. The van der Waals surface area contributed by atoms with Gasteiger partial charge in [-0.3, -0.25) is 10.1 Å². The van der Waals surface area contributed by atoms with E-state index in [2.05, 4.69) is 15.6 Å². The fraction of sp³-hybridized carbons (Fsp3) is 0.500. The zero-order valence-corrected chi connectivity index (χ0v) is 9.06. The molecule has 86 valence electrons. The molecular formula is C10H14N4O2. The van der Waals surface area contributed by atoms with Crippen molar-refractivity contribution in [1.82, 2.24) is 10.3 Å². The first-order valence-electron chi connectivity index (χ1n) is 5.25. The molecule has 2 heterocycles. The Morgan fingerprint density at radius 2 is 2.50 bits per heavy atom. The van der Waals surface area contributed by atoms with Crippen molar-refractivity contribution < 1.29 is 4.92 Å². The summed E-state index contributed by atoms with van der Waals surface area (Å²) in [5.41, 5.74) is 0.698. The monoisotopic (exact) mass is 222 g/mol. The van der Waals surface area contributed by atoms with Gasteiger partial charge in [0.25, 0.3) is 5.69 Å². The van der Waals surface area contributed by atoms with Gasteiger partial charge in [0.15, 0.2) is 0 Å². The van der Waals surface area contributed by atoms with Crippen molar-refractivity contribution in [3.63, 3.8) is 0 Å². The minimum Gasteiger partial charge on any atom is -0.366 e. The summed E-state index contributed by atoms with van der Waals surface area (Å²) in [7, 11) is 0. The van der Waals surface area contributed by atoms with E-state index in [1.165, 1.54) is 12.3 Å². The van der Waals surface area contributed by atoms with Gasteiger partial charge in [-0.15, -0.1) is 0 Å². The van der Waals surface area contributed by atoms with Crippen LogP contribution in [0.3, 0.4) is 0 Å². The Morgan fingerprint density at radius 3 is 3.12 bits per heavy atom. The van der Waals surface area contributed by atoms with Crippen LogP contribution in [0.5, 0.6) is 0 Å². The molecule has 1 aromatic heterocycles. The summed E-state index contributed by atoms with van der Waals surface area (Å²) in [5, 5.41) is 17.2. The van der Waals surface area contributed by atoms with Gasteiger partial charge in [-0.05, 0) is 19.9 Å². The molecule has 1 aromatic rings. The van der Waals surface area contributed by atoms with E-state index >= 15 is 0 Å². The SMILES string of the molecule is Cc1cnc(NC2CCNC2)cc1[N+](=O)[O-]. The molecule has 1 saturated heterocycles. The molecule has 0 aromatic carbocycles. The lowest BCUT2D eigenvalue weighted by Gasteiger charge is -2.11. The number of nitrogens with zero attached hydrogens (tertiary/aromatic N) is 2. The molecule has 0 radical (unpaired) electrons. The molecule has 0 aliphatic carbocycles. The van der Waals surface area contributed by atoms with Crippen molar-refractivity contribution in [2.75, 3.05) is 18.4 Å². The fourth-order valence-electron chi connectivity index (χ4n) is 1.78. The van der Waals surface area contributed by atoms with Crippen LogP contribution in [0.1, 0.15) is 12.0 Å². The van der Waals surface area contributed by atoms with Gasteiger partial charge in [0.2, 0.25) is 0 Å². The number of anilines is 1. The maximum Gasteiger partial charge on any atom is 0.277 e. The highest BCUT2D eigenvalue weighted by Gasteiger charge is 2.17. The van der Waals surface area contributed by atoms with Crippen LogP contribution in [-0.4, -0.2) is 29.0 Å². The smallest absolute Gasteiger partial charge is 0.277 e. The Kier molecular flexibility index (Phi) is 3.00. The summed E-state index contributed by atoms with van der Waals surface area (Å²) >= 11 is 0. The van der Waals surface area contributed by atoms with Crippen LogP contribution in [0.2, 0.25) is 0 Å². The van der Waals surface area contributed by atoms with Crippen LogP contribution in [0.25, 0.3) is 0 Å². The van der Waals surface area contributed by atoms with Crippen molar-refractivity contribution in [2.24, 2.45) is 0 Å². The number of aromatic nitrogens is 1. The zero-order chi connectivity index (χ0) is 11.5. The molecular weight excluding hydrogens is 208 g/mol. The van der Waals surface area contributed by atoms with Crippen molar-refractivity contribution >= 4 is 11.5 Å². The summed E-state index contributed by atoms with van der Waals surface area (Å²) in [6.45, 7) is 3.54. The Morgan fingerprint density at radius 1 is 1.69 bits per heavy atom. The van der Waals surface area contributed by atoms with Crippen molar-refractivity contribution in [3.05, 3.63) is 27.9 Å². The highest BCUT2D eigenvalue weighted by molar-refractivity contribution is 5.49. The second kappa shape index (κ2) is 4.44. The number of rotatable bonds is 3. The lowest BCUT2D eigenvalue weighted by atomic mass is 10.2. The first kappa shape index (κ1) is 10.8. The molecule has 0 amide bonds. The van der Waals surface area contributed by atoms with Crippen LogP contribution < -0.4 is 10.6 Å². The fourth-order valence-corrected chi connectivity index (χ4v) is 1.78. The maximum absolute atomic E-state index is 10.7. The summed E-state index contributed by atoms with van der Waals surface area (Å²) in [4.78, 5) is 14.5. The quantitative estimate of drug-likeness (QED) is 0.590. The van der Waals surface area contributed by atoms with Gasteiger partial charge in [0.1, 0.15) is 5.82 Å². The van der Waals surface area contributed by atoms with E-state index in [1.807, 2.05) is 0 Å². The van der Waals surface area contributed by atoms with Gasteiger partial charge in [0.05, 0.1) is 11.0 Å². The molecule has 6 heteroatoms. The Hall–Kier alpha value is -1.69. The van der Waals surface area contributed by atoms with E-state index < -0.39 is 0 Å². The maximum atomic E-state index is 10.7. The van der Waals surface area contributed by atoms with Crippen LogP contribution in [-0.2, 0) is 0 Å². The summed E-state index contributed by atoms with van der Waals surface area (Å²) in [5.74, 6) is 0.575. The van der Waals surface area contributed by atoms with E-state index in [0.29, 0.717) is 17.4 Å². The van der Waals surface area contributed by atoms with E-state index in [-0.39, 0.29) is 10.6 Å². The van der Waals surface area contributed by atoms with Crippen molar-refractivity contribution in [2.45, 2.75) is 19.4 Å². The second-order valence-corrected chi connectivity index (χ2v) is 3.95. The molecule has 6 nitrogen and oxygen atoms in total. The molecule has 16 heavy (non-hydrogen) atoms. The number of pyridine rings is 1. The van der Waals surface area contributed by atoms with E-state index in [0.717, 1.165) is 19.5 Å². The molecule has 1 aliphatic rings.